The molecular weight excluding hydrogens is 408 g/mol. The number of aliphatic carboxylic acids is 1. The van der Waals surface area contributed by atoms with Crippen LogP contribution in [0.25, 0.3) is 0 Å². The van der Waals surface area contributed by atoms with Crippen molar-refractivity contribution in [3.63, 3.8) is 0 Å². The summed E-state index contributed by atoms with van der Waals surface area (Å²) in [5.41, 5.74) is 4.49. The molecule has 2 rings (SSSR count). The minimum atomic E-state index is -0.978. The topological polar surface area (TPSA) is 66.8 Å². The van der Waals surface area contributed by atoms with Gasteiger partial charge in [0.15, 0.2) is 0 Å². The zero-order valence-electron chi connectivity index (χ0n) is 13.6. The third-order valence-electron chi connectivity index (χ3n) is 3.45. The molecule has 0 unspecified atom stereocenters. The number of aryl methyl sites for hydroxylation is 4. The van der Waals surface area contributed by atoms with Crippen molar-refractivity contribution in [1.29, 1.82) is 0 Å². The van der Waals surface area contributed by atoms with Crippen molar-refractivity contribution >= 4 is 34.1 Å². The summed E-state index contributed by atoms with van der Waals surface area (Å²) >= 11 is -0.601. The van der Waals surface area contributed by atoms with E-state index in [0.29, 0.717) is 11.5 Å². The van der Waals surface area contributed by atoms with Crippen LogP contribution in [0.5, 0.6) is 11.5 Å². The SMILES string of the molecule is Cc1cc(O)cc(C)c1[Te]c1c(C)cc(OCC(=O)O)cc1C. The minimum absolute atomic E-state index is 0.307. The van der Waals surface area contributed by atoms with E-state index in [-0.39, 0.29) is 6.61 Å². The first kappa shape index (κ1) is 17.7. The van der Waals surface area contributed by atoms with E-state index in [4.69, 9.17) is 9.84 Å². The number of phenolic OH excluding ortho intramolecular Hbond substituents is 1. The molecule has 0 radical (unpaired) electrons. The average Bonchev–Trinajstić information content (AvgIpc) is 2.42. The Morgan fingerprint density at radius 3 is 1.83 bits per heavy atom. The summed E-state index contributed by atoms with van der Waals surface area (Å²) in [6, 6.07) is 7.42. The van der Waals surface area contributed by atoms with E-state index in [1.165, 1.54) is 7.22 Å². The van der Waals surface area contributed by atoms with Gasteiger partial charge in [-0.15, -0.1) is 0 Å². The fourth-order valence-corrected chi connectivity index (χ4v) is 5.58. The Kier molecular flexibility index (Phi) is 5.56. The molecule has 0 saturated heterocycles. The molecule has 122 valence electrons. The van der Waals surface area contributed by atoms with Crippen LogP contribution < -0.4 is 12.0 Å². The van der Waals surface area contributed by atoms with Gasteiger partial charge in [-0.3, -0.25) is 0 Å². The predicted octanol–water partition coefficient (Wildman–Crippen LogP) is 1.74. The normalized spacial score (nSPS) is 10.6. The molecule has 0 heterocycles. The van der Waals surface area contributed by atoms with E-state index in [9.17, 15) is 9.90 Å². The number of carbonyl (C=O) groups is 1. The molecule has 0 bridgehead atoms. The zero-order valence-corrected chi connectivity index (χ0v) is 16.0. The molecule has 0 spiro atoms. The molecular formula is C18H20O4Te. The van der Waals surface area contributed by atoms with Crippen molar-refractivity contribution in [2.45, 2.75) is 27.7 Å². The summed E-state index contributed by atoms with van der Waals surface area (Å²) in [4.78, 5) is 10.6. The number of hydrogen-bond donors (Lipinski definition) is 2. The molecule has 2 N–H and O–H groups in total. The van der Waals surface area contributed by atoms with Crippen molar-refractivity contribution < 1.29 is 19.7 Å². The maximum atomic E-state index is 10.6. The van der Waals surface area contributed by atoms with Gasteiger partial charge in [0.05, 0.1) is 0 Å². The van der Waals surface area contributed by atoms with E-state index in [0.717, 1.165) is 22.3 Å². The van der Waals surface area contributed by atoms with Gasteiger partial charge in [-0.1, -0.05) is 0 Å². The quantitative estimate of drug-likeness (QED) is 0.713. The van der Waals surface area contributed by atoms with E-state index >= 15 is 0 Å². The third-order valence-corrected chi connectivity index (χ3v) is 8.29. The number of benzene rings is 2. The number of hydrogen-bond acceptors (Lipinski definition) is 3. The number of carboxylic acids is 1. The molecule has 4 nitrogen and oxygen atoms in total. The second kappa shape index (κ2) is 7.25. The summed E-state index contributed by atoms with van der Waals surface area (Å²) < 4.78 is 7.94. The summed E-state index contributed by atoms with van der Waals surface area (Å²) in [5, 5.41) is 18.4. The van der Waals surface area contributed by atoms with Crippen LogP contribution in [0, 0.1) is 27.7 Å². The third kappa shape index (κ3) is 4.40. The van der Waals surface area contributed by atoms with Crippen LogP contribution in [-0.2, 0) is 4.79 Å². The van der Waals surface area contributed by atoms with E-state index in [1.807, 2.05) is 52.0 Å². The molecule has 0 atom stereocenters. The number of carboxylic acid groups (broad SMARTS) is 1. The van der Waals surface area contributed by atoms with Gasteiger partial charge in [-0.05, 0) is 0 Å². The van der Waals surface area contributed by atoms with Gasteiger partial charge in [-0.2, -0.15) is 0 Å². The molecule has 23 heavy (non-hydrogen) atoms. The first-order valence-corrected chi connectivity index (χ1v) is 9.55. The molecule has 0 saturated carbocycles. The van der Waals surface area contributed by atoms with Crippen molar-refractivity contribution in [2.75, 3.05) is 6.61 Å². The molecule has 2 aromatic carbocycles. The van der Waals surface area contributed by atoms with Crippen LogP contribution in [0.15, 0.2) is 24.3 Å². The Hall–Kier alpha value is -1.70. The Morgan fingerprint density at radius 2 is 1.39 bits per heavy atom. The molecule has 2 aromatic rings. The maximum absolute atomic E-state index is 10.6. The van der Waals surface area contributed by atoms with Gasteiger partial charge in [0, 0.05) is 0 Å². The molecule has 0 aromatic heterocycles. The summed E-state index contributed by atoms with van der Waals surface area (Å²) in [5.74, 6) is -0.0756. The standard InChI is InChI=1S/C18H20O4Te/c1-10-5-14(19)6-11(2)17(10)23-18-12(3)7-15(8-13(18)4)22-9-16(20)21/h5-8,19H,9H2,1-4H3,(H,20,21). The Morgan fingerprint density at radius 1 is 0.957 bits per heavy atom. The van der Waals surface area contributed by atoms with Crippen molar-refractivity contribution in [2.24, 2.45) is 0 Å². The molecule has 0 fully saturated rings. The Bertz CT molecular complexity index is 707. The van der Waals surface area contributed by atoms with Gasteiger partial charge in [0.25, 0.3) is 0 Å². The molecule has 0 aliphatic rings. The van der Waals surface area contributed by atoms with Gasteiger partial charge in [-0.25, -0.2) is 0 Å². The van der Waals surface area contributed by atoms with Crippen molar-refractivity contribution in [3.8, 4) is 11.5 Å². The van der Waals surface area contributed by atoms with E-state index < -0.39 is 26.9 Å². The molecule has 5 heteroatoms. The van der Waals surface area contributed by atoms with Crippen LogP contribution in [0.2, 0.25) is 0 Å². The molecule has 0 aliphatic carbocycles. The van der Waals surface area contributed by atoms with Crippen LogP contribution in [-0.4, -0.2) is 43.7 Å². The number of ether oxygens (including phenoxy) is 1. The van der Waals surface area contributed by atoms with Gasteiger partial charge < -0.3 is 0 Å². The van der Waals surface area contributed by atoms with Crippen LogP contribution >= 0.6 is 0 Å². The molecule has 0 aliphatic heterocycles. The fourth-order valence-electron chi connectivity index (χ4n) is 2.49. The monoisotopic (exact) mass is 430 g/mol. The van der Waals surface area contributed by atoms with Gasteiger partial charge >= 0.3 is 146 Å². The summed E-state index contributed by atoms with van der Waals surface area (Å²) in [6.07, 6.45) is 0. The number of aromatic hydroxyl groups is 1. The van der Waals surface area contributed by atoms with Gasteiger partial charge in [0.1, 0.15) is 0 Å². The van der Waals surface area contributed by atoms with E-state index in [2.05, 4.69) is 0 Å². The summed E-state index contributed by atoms with van der Waals surface area (Å²) in [6.45, 7) is 7.80. The first-order chi connectivity index (χ1) is 10.8. The predicted molar refractivity (Wildman–Crippen MR) is 91.6 cm³/mol. The molecule has 0 amide bonds. The van der Waals surface area contributed by atoms with E-state index in [1.54, 1.807) is 0 Å². The van der Waals surface area contributed by atoms with Crippen molar-refractivity contribution in [1.82, 2.24) is 0 Å². The van der Waals surface area contributed by atoms with Gasteiger partial charge in [0.2, 0.25) is 0 Å². The Balaban J connectivity index is 2.32. The Labute approximate surface area is 146 Å². The average molecular weight is 428 g/mol. The summed E-state index contributed by atoms with van der Waals surface area (Å²) in [7, 11) is 0. The second-order valence-electron chi connectivity index (χ2n) is 5.58. The number of phenols is 1. The first-order valence-electron chi connectivity index (χ1n) is 7.22. The second-order valence-corrected chi connectivity index (χ2v) is 8.49. The van der Waals surface area contributed by atoms with Crippen LogP contribution in [0.3, 0.4) is 0 Å². The van der Waals surface area contributed by atoms with Crippen molar-refractivity contribution in [3.05, 3.63) is 46.5 Å². The van der Waals surface area contributed by atoms with Crippen LogP contribution in [0.4, 0.5) is 0 Å². The van der Waals surface area contributed by atoms with Crippen LogP contribution in [0.1, 0.15) is 22.3 Å². The zero-order chi connectivity index (χ0) is 17.1. The number of rotatable bonds is 5. The fraction of sp³-hybridized carbons (Fsp3) is 0.278.